The van der Waals surface area contributed by atoms with Crippen molar-refractivity contribution in [1.82, 2.24) is 10.2 Å². The molecule has 1 aliphatic heterocycles. The van der Waals surface area contributed by atoms with Gasteiger partial charge in [-0.05, 0) is 18.6 Å². The summed E-state index contributed by atoms with van der Waals surface area (Å²) in [6, 6.07) is 5.49. The Kier molecular flexibility index (Phi) is 4.95. The first-order chi connectivity index (χ1) is 10.9. The number of rotatable bonds is 5. The number of carbonyl (C=O) groups excluding carboxylic acids is 3. The monoisotopic (exact) mass is 319 g/mol. The second-order valence-corrected chi connectivity index (χ2v) is 5.16. The summed E-state index contributed by atoms with van der Waals surface area (Å²) in [6.07, 6.45) is -0.290. The molecule has 122 valence electrons. The number of benzene rings is 1. The fraction of sp³-hybridized carbons (Fsp3) is 0.333. The zero-order valence-corrected chi connectivity index (χ0v) is 12.5. The standard InChI is InChI=1S/C15H17N3O5/c1-9-4-2-3-5-10(9)17-15(23)18-11(8-12(18)19)14(22)16-7-6-13(20)21/h2-5,11H,6-8H2,1H3,(H,16,22)(H,17,23)(H,20,21)/t11-/m0/s1. The molecule has 1 saturated heterocycles. The molecule has 1 aromatic carbocycles. The highest BCUT2D eigenvalue weighted by Gasteiger charge is 2.45. The average Bonchev–Trinajstić information content (AvgIpc) is 2.46. The number of carboxylic acids is 1. The number of anilines is 1. The number of para-hydroxylation sites is 1. The van der Waals surface area contributed by atoms with Gasteiger partial charge < -0.3 is 15.7 Å². The number of hydrogen-bond donors (Lipinski definition) is 3. The first-order valence-corrected chi connectivity index (χ1v) is 7.08. The molecule has 8 nitrogen and oxygen atoms in total. The summed E-state index contributed by atoms with van der Waals surface area (Å²) in [7, 11) is 0. The van der Waals surface area contributed by atoms with Gasteiger partial charge in [-0.15, -0.1) is 0 Å². The Morgan fingerprint density at radius 1 is 1.30 bits per heavy atom. The summed E-state index contributed by atoms with van der Waals surface area (Å²) < 4.78 is 0. The zero-order valence-electron chi connectivity index (χ0n) is 12.5. The Hall–Kier alpha value is -2.90. The van der Waals surface area contributed by atoms with Crippen LogP contribution in [0.4, 0.5) is 10.5 Å². The van der Waals surface area contributed by atoms with Gasteiger partial charge in [0.25, 0.3) is 0 Å². The van der Waals surface area contributed by atoms with Crippen molar-refractivity contribution < 1.29 is 24.3 Å². The normalized spacial score (nSPS) is 16.5. The van der Waals surface area contributed by atoms with E-state index in [0.29, 0.717) is 5.69 Å². The molecule has 0 spiro atoms. The van der Waals surface area contributed by atoms with Crippen molar-refractivity contribution in [3.05, 3.63) is 29.8 Å². The molecule has 8 heteroatoms. The van der Waals surface area contributed by atoms with E-state index >= 15 is 0 Å². The lowest BCUT2D eigenvalue weighted by molar-refractivity contribution is -0.148. The van der Waals surface area contributed by atoms with Crippen molar-refractivity contribution in [2.75, 3.05) is 11.9 Å². The first kappa shape index (κ1) is 16.5. The van der Waals surface area contributed by atoms with E-state index in [4.69, 9.17) is 5.11 Å². The minimum atomic E-state index is -1.04. The van der Waals surface area contributed by atoms with Crippen molar-refractivity contribution >= 4 is 29.5 Å². The van der Waals surface area contributed by atoms with Crippen molar-refractivity contribution in [1.29, 1.82) is 0 Å². The number of imide groups is 1. The fourth-order valence-electron chi connectivity index (χ4n) is 2.18. The van der Waals surface area contributed by atoms with Crippen LogP contribution in [0, 0.1) is 6.92 Å². The molecule has 0 aromatic heterocycles. The molecule has 1 heterocycles. The first-order valence-electron chi connectivity index (χ1n) is 7.08. The molecule has 0 unspecified atom stereocenters. The highest BCUT2D eigenvalue weighted by atomic mass is 16.4. The Morgan fingerprint density at radius 2 is 2.00 bits per heavy atom. The summed E-state index contributed by atoms with van der Waals surface area (Å²) in [5.41, 5.74) is 1.39. The van der Waals surface area contributed by atoms with E-state index in [9.17, 15) is 19.2 Å². The van der Waals surface area contributed by atoms with Crippen molar-refractivity contribution in [2.24, 2.45) is 0 Å². The molecule has 3 N–H and O–H groups in total. The molecule has 23 heavy (non-hydrogen) atoms. The largest absolute Gasteiger partial charge is 0.481 e. The van der Waals surface area contributed by atoms with Crippen LogP contribution in [-0.2, 0) is 14.4 Å². The van der Waals surface area contributed by atoms with Crippen LogP contribution in [0.25, 0.3) is 0 Å². The molecule has 2 rings (SSSR count). The lowest BCUT2D eigenvalue weighted by atomic mass is 10.0. The van der Waals surface area contributed by atoms with Crippen LogP contribution < -0.4 is 10.6 Å². The molecule has 1 fully saturated rings. The highest BCUT2D eigenvalue weighted by molar-refractivity contribution is 6.10. The Balaban J connectivity index is 1.96. The molecule has 1 aliphatic rings. The van der Waals surface area contributed by atoms with Gasteiger partial charge in [0.05, 0.1) is 12.8 Å². The van der Waals surface area contributed by atoms with Gasteiger partial charge in [-0.2, -0.15) is 0 Å². The second-order valence-electron chi connectivity index (χ2n) is 5.16. The molecule has 0 radical (unpaired) electrons. The van der Waals surface area contributed by atoms with E-state index in [1.165, 1.54) is 0 Å². The number of carboxylic acid groups (broad SMARTS) is 1. The summed E-state index contributed by atoms with van der Waals surface area (Å²) in [5.74, 6) is -2.02. The number of likely N-dealkylation sites (tertiary alicyclic amines) is 1. The summed E-state index contributed by atoms with van der Waals surface area (Å²) in [4.78, 5) is 47.0. The minimum Gasteiger partial charge on any atom is -0.481 e. The third kappa shape index (κ3) is 3.85. The number of urea groups is 1. The maximum atomic E-state index is 12.2. The van der Waals surface area contributed by atoms with Crippen LogP contribution in [0.2, 0.25) is 0 Å². The number of nitrogens with zero attached hydrogens (tertiary/aromatic N) is 1. The van der Waals surface area contributed by atoms with Gasteiger partial charge in [-0.3, -0.25) is 19.3 Å². The summed E-state index contributed by atoms with van der Waals surface area (Å²) >= 11 is 0. The van der Waals surface area contributed by atoms with Crippen molar-refractivity contribution in [3.8, 4) is 0 Å². The van der Waals surface area contributed by atoms with Crippen LogP contribution in [0.1, 0.15) is 18.4 Å². The predicted molar refractivity (Wildman–Crippen MR) is 80.7 cm³/mol. The molecule has 4 amide bonds. The van der Waals surface area contributed by atoms with E-state index in [1.807, 2.05) is 19.1 Å². The van der Waals surface area contributed by atoms with Gasteiger partial charge >= 0.3 is 12.0 Å². The number of aryl methyl sites for hydroxylation is 1. The quantitative estimate of drug-likeness (QED) is 0.692. The Labute approximate surface area is 132 Å². The van der Waals surface area contributed by atoms with Crippen LogP contribution in [-0.4, -0.2) is 46.4 Å². The lowest BCUT2D eigenvalue weighted by Crippen LogP contribution is -2.62. The number of hydrogen-bond acceptors (Lipinski definition) is 4. The van der Waals surface area contributed by atoms with E-state index in [0.717, 1.165) is 10.5 Å². The fourth-order valence-corrected chi connectivity index (χ4v) is 2.18. The van der Waals surface area contributed by atoms with E-state index < -0.39 is 29.9 Å². The van der Waals surface area contributed by atoms with Crippen LogP contribution in [0.15, 0.2) is 24.3 Å². The molecule has 1 aromatic rings. The number of carbonyl (C=O) groups is 4. The number of β-lactam (4-membered cyclic amide) rings is 1. The molecular weight excluding hydrogens is 302 g/mol. The molecule has 0 bridgehead atoms. The summed E-state index contributed by atoms with van der Waals surface area (Å²) in [5, 5.41) is 13.5. The molecule has 0 aliphatic carbocycles. The van der Waals surface area contributed by atoms with Gasteiger partial charge in [-0.1, -0.05) is 18.2 Å². The molecule has 0 saturated carbocycles. The van der Waals surface area contributed by atoms with Gasteiger partial charge in [0.1, 0.15) is 6.04 Å². The van der Waals surface area contributed by atoms with Crippen LogP contribution >= 0.6 is 0 Å². The predicted octanol–water partition coefficient (Wildman–Crippen LogP) is 0.719. The van der Waals surface area contributed by atoms with Gasteiger partial charge in [-0.25, -0.2) is 4.79 Å². The third-order valence-corrected chi connectivity index (χ3v) is 3.49. The van der Waals surface area contributed by atoms with E-state index in [2.05, 4.69) is 10.6 Å². The number of nitrogens with one attached hydrogen (secondary N) is 2. The maximum absolute atomic E-state index is 12.2. The average molecular weight is 319 g/mol. The lowest BCUT2D eigenvalue weighted by Gasteiger charge is -2.37. The third-order valence-electron chi connectivity index (χ3n) is 3.49. The number of aliphatic carboxylic acids is 1. The number of amides is 4. The van der Waals surface area contributed by atoms with E-state index in [-0.39, 0.29) is 19.4 Å². The molecular formula is C15H17N3O5. The topological polar surface area (TPSA) is 116 Å². The van der Waals surface area contributed by atoms with Crippen molar-refractivity contribution in [2.45, 2.75) is 25.8 Å². The van der Waals surface area contributed by atoms with Gasteiger partial charge in [0, 0.05) is 12.2 Å². The maximum Gasteiger partial charge on any atom is 0.329 e. The van der Waals surface area contributed by atoms with Gasteiger partial charge in [0.15, 0.2) is 0 Å². The highest BCUT2D eigenvalue weighted by Crippen LogP contribution is 2.22. The van der Waals surface area contributed by atoms with Crippen LogP contribution in [0.5, 0.6) is 0 Å². The van der Waals surface area contributed by atoms with Crippen molar-refractivity contribution in [3.63, 3.8) is 0 Å². The Morgan fingerprint density at radius 3 is 2.61 bits per heavy atom. The Bertz CT molecular complexity index is 658. The SMILES string of the molecule is Cc1ccccc1NC(=O)N1C(=O)C[C@H]1C(=O)NCCC(=O)O. The van der Waals surface area contributed by atoms with Crippen LogP contribution in [0.3, 0.4) is 0 Å². The smallest absolute Gasteiger partial charge is 0.329 e. The zero-order chi connectivity index (χ0) is 17.0. The van der Waals surface area contributed by atoms with Gasteiger partial charge in [0.2, 0.25) is 11.8 Å². The minimum absolute atomic E-state index is 0.0495. The van der Waals surface area contributed by atoms with E-state index in [1.54, 1.807) is 12.1 Å². The molecule has 1 atom stereocenters. The second kappa shape index (κ2) is 6.91. The summed E-state index contributed by atoms with van der Waals surface area (Å²) in [6.45, 7) is 1.76.